The summed E-state index contributed by atoms with van der Waals surface area (Å²) < 4.78 is 49.7. The highest BCUT2D eigenvalue weighted by Crippen LogP contribution is 2.80. The normalized spacial score (nSPS) is 13.2. The molecule has 0 aromatic heterocycles. The van der Waals surface area contributed by atoms with Crippen LogP contribution in [0.3, 0.4) is 0 Å². The van der Waals surface area contributed by atoms with E-state index >= 15 is 0 Å². The molecule has 1 radical (unpaired) electrons. The summed E-state index contributed by atoms with van der Waals surface area (Å²) in [5.74, 6) is 0. The molecule has 0 fully saturated rings. The Kier molecular flexibility index (Phi) is 10.5. The van der Waals surface area contributed by atoms with Crippen LogP contribution in [0.15, 0.2) is 30.3 Å². The van der Waals surface area contributed by atoms with Crippen LogP contribution in [0, 0.1) is 0 Å². The Labute approximate surface area is 168 Å². The Hall–Kier alpha value is -0.560. The molecule has 0 aliphatic rings. The van der Waals surface area contributed by atoms with Gasteiger partial charge in [-0.1, -0.05) is 37.3 Å². The highest BCUT2D eigenvalue weighted by atomic mass is 31.2. The van der Waals surface area contributed by atoms with Gasteiger partial charge < -0.3 is 18.1 Å². The average molecular weight is 436 g/mol. The maximum absolute atomic E-state index is 13.9. The summed E-state index contributed by atoms with van der Waals surface area (Å²) in [6.45, 7) is 7.99. The van der Waals surface area contributed by atoms with Crippen molar-refractivity contribution >= 4 is 15.2 Å². The van der Waals surface area contributed by atoms with Gasteiger partial charge in [0.15, 0.2) is 0 Å². The second-order valence-corrected chi connectivity index (χ2v) is 10.7. The lowest BCUT2D eigenvalue weighted by Gasteiger charge is -2.44. The average Bonchev–Trinajstić information content (AvgIpc) is 2.64. The maximum atomic E-state index is 13.9. The first-order valence-corrected chi connectivity index (χ1v) is 12.7. The smallest absolute Gasteiger partial charge is 0.307 e. The van der Waals surface area contributed by atoms with Crippen LogP contribution in [0.1, 0.15) is 46.6 Å². The Morgan fingerprint density at radius 2 is 1.18 bits per heavy atom. The van der Waals surface area contributed by atoms with E-state index in [1.165, 1.54) is 0 Å². The van der Waals surface area contributed by atoms with Crippen molar-refractivity contribution in [2.75, 3.05) is 26.4 Å². The monoisotopic (exact) mass is 436 g/mol. The molecule has 1 aromatic carbocycles. The van der Waals surface area contributed by atoms with Crippen molar-refractivity contribution < 1.29 is 32.4 Å². The molecule has 0 bridgehead atoms. The summed E-state index contributed by atoms with van der Waals surface area (Å²) in [4.78, 5) is 0. The largest absolute Gasteiger partial charge is 0.365 e. The van der Waals surface area contributed by atoms with Crippen LogP contribution >= 0.6 is 15.2 Å². The Morgan fingerprint density at radius 3 is 1.50 bits per heavy atom. The van der Waals surface area contributed by atoms with E-state index in [1.54, 1.807) is 58.9 Å². The standard InChI is InChI=1S/C18H32NO7P2/c1-6-18(27(21,23-7-2)24-8-3,28(22,25-9-4)26-10-5)19(20)16-17-14-12-11-13-15-17/h11-15H,6-10,16H2,1-5H3. The Balaban J connectivity index is 3.65. The quantitative estimate of drug-likeness (QED) is 0.283. The first-order valence-electron chi connectivity index (χ1n) is 9.57. The third kappa shape index (κ3) is 5.13. The molecule has 161 valence electrons. The summed E-state index contributed by atoms with van der Waals surface area (Å²) in [6, 6.07) is 8.90. The van der Waals surface area contributed by atoms with E-state index in [2.05, 4.69) is 0 Å². The van der Waals surface area contributed by atoms with Crippen molar-refractivity contribution in [3.05, 3.63) is 35.9 Å². The molecule has 0 aliphatic heterocycles. The van der Waals surface area contributed by atoms with Crippen LogP contribution in [0.25, 0.3) is 0 Å². The molecule has 0 amide bonds. The molecule has 0 saturated heterocycles. The summed E-state index contributed by atoms with van der Waals surface area (Å²) in [6.07, 6.45) is -0.113. The minimum atomic E-state index is -4.23. The highest BCUT2D eigenvalue weighted by molar-refractivity contribution is 7.74. The number of benzene rings is 1. The van der Waals surface area contributed by atoms with E-state index in [0.29, 0.717) is 10.6 Å². The Bertz CT molecular complexity index is 621. The van der Waals surface area contributed by atoms with Gasteiger partial charge in [-0.15, -0.1) is 10.3 Å². The van der Waals surface area contributed by atoms with Crippen molar-refractivity contribution in [1.29, 1.82) is 0 Å². The van der Waals surface area contributed by atoms with Crippen LogP contribution in [0.5, 0.6) is 0 Å². The van der Waals surface area contributed by atoms with Gasteiger partial charge in [0.05, 0.1) is 33.0 Å². The van der Waals surface area contributed by atoms with Crippen LogP contribution < -0.4 is 0 Å². The molecule has 10 heteroatoms. The van der Waals surface area contributed by atoms with Crippen LogP contribution in [-0.2, 0) is 39.0 Å². The summed E-state index contributed by atoms with van der Waals surface area (Å²) in [5.41, 5.74) is 0.661. The van der Waals surface area contributed by atoms with Gasteiger partial charge in [0.2, 0.25) is 0 Å². The molecular formula is C18H32NO7P2. The van der Waals surface area contributed by atoms with E-state index in [1.807, 2.05) is 6.07 Å². The summed E-state index contributed by atoms with van der Waals surface area (Å²) >= 11 is 0. The second kappa shape index (κ2) is 11.6. The van der Waals surface area contributed by atoms with Gasteiger partial charge in [0.25, 0.3) is 5.02 Å². The number of hydroxylamine groups is 2. The molecular weight excluding hydrogens is 404 g/mol. The second-order valence-electron chi connectivity index (χ2n) is 5.82. The van der Waals surface area contributed by atoms with E-state index < -0.39 is 20.2 Å². The molecule has 0 unspecified atom stereocenters. The summed E-state index contributed by atoms with van der Waals surface area (Å²) in [7, 11) is -8.47. The van der Waals surface area contributed by atoms with Crippen molar-refractivity contribution in [2.45, 2.75) is 52.6 Å². The highest BCUT2D eigenvalue weighted by Gasteiger charge is 2.68. The molecule has 0 heterocycles. The molecule has 1 aromatic rings. The predicted molar refractivity (Wildman–Crippen MR) is 107 cm³/mol. The van der Waals surface area contributed by atoms with Gasteiger partial charge >= 0.3 is 15.2 Å². The zero-order valence-electron chi connectivity index (χ0n) is 17.3. The number of rotatable bonds is 14. The van der Waals surface area contributed by atoms with Gasteiger partial charge in [-0.2, -0.15) is 0 Å². The number of hydrogen-bond donors (Lipinski definition) is 0. The molecule has 0 aliphatic carbocycles. The van der Waals surface area contributed by atoms with Crippen LogP contribution in [0.4, 0.5) is 0 Å². The van der Waals surface area contributed by atoms with Gasteiger partial charge in [-0.25, -0.2) is 0 Å². The fraction of sp³-hybridized carbons (Fsp3) is 0.667. The van der Waals surface area contributed by atoms with E-state index in [4.69, 9.17) is 18.1 Å². The number of hydrogen-bond acceptors (Lipinski definition) is 7. The lowest BCUT2D eigenvalue weighted by molar-refractivity contribution is -0.198. The van der Waals surface area contributed by atoms with E-state index in [-0.39, 0.29) is 39.4 Å². The summed E-state index contributed by atoms with van der Waals surface area (Å²) in [5, 5.41) is 11.9. The van der Waals surface area contributed by atoms with Crippen molar-refractivity contribution in [2.24, 2.45) is 0 Å². The first kappa shape index (κ1) is 25.5. The fourth-order valence-corrected chi connectivity index (χ4v) is 8.72. The third-order valence-electron chi connectivity index (χ3n) is 4.12. The SMILES string of the molecule is CCOP(=O)(OCC)C(CC)(N([O])Cc1ccccc1)P(=O)(OCC)OCC. The number of nitrogens with zero attached hydrogens (tertiary/aromatic N) is 1. The molecule has 1 rings (SSSR count). The van der Waals surface area contributed by atoms with Crippen molar-refractivity contribution in [3.63, 3.8) is 0 Å². The third-order valence-corrected chi connectivity index (χ3v) is 10.8. The molecule has 0 saturated carbocycles. The minimum Gasteiger partial charge on any atom is -0.307 e. The van der Waals surface area contributed by atoms with Gasteiger partial charge in [0, 0.05) is 0 Å². The van der Waals surface area contributed by atoms with Gasteiger partial charge in [-0.05, 0) is 39.7 Å². The van der Waals surface area contributed by atoms with E-state index in [9.17, 15) is 14.3 Å². The topological polar surface area (TPSA) is 94.2 Å². The molecule has 28 heavy (non-hydrogen) atoms. The zero-order chi connectivity index (χ0) is 21.3. The maximum Gasteiger partial charge on any atom is 0.365 e. The molecule has 0 atom stereocenters. The first-order chi connectivity index (χ1) is 13.3. The van der Waals surface area contributed by atoms with Crippen LogP contribution in [-0.4, -0.2) is 36.5 Å². The molecule has 0 spiro atoms. The predicted octanol–water partition coefficient (Wildman–Crippen LogP) is 5.43. The lowest BCUT2D eigenvalue weighted by atomic mass is 10.2. The zero-order valence-corrected chi connectivity index (χ0v) is 19.1. The Morgan fingerprint density at radius 1 is 0.786 bits per heavy atom. The van der Waals surface area contributed by atoms with Gasteiger partial charge in [0.1, 0.15) is 0 Å². The van der Waals surface area contributed by atoms with Crippen molar-refractivity contribution in [3.8, 4) is 0 Å². The lowest BCUT2D eigenvalue weighted by Crippen LogP contribution is -2.46. The van der Waals surface area contributed by atoms with Crippen molar-refractivity contribution in [1.82, 2.24) is 5.06 Å². The van der Waals surface area contributed by atoms with Gasteiger partial charge in [-0.3, -0.25) is 9.13 Å². The molecule has 0 N–H and O–H groups in total. The fourth-order valence-electron chi connectivity index (χ4n) is 3.03. The van der Waals surface area contributed by atoms with E-state index in [0.717, 1.165) is 0 Å². The minimum absolute atomic E-state index is 0.0104. The van der Waals surface area contributed by atoms with Crippen LogP contribution in [0.2, 0.25) is 0 Å². The molecule has 8 nitrogen and oxygen atoms in total.